The van der Waals surface area contributed by atoms with E-state index in [0.717, 1.165) is 4.90 Å². The fraction of sp³-hybridized carbons (Fsp3) is 0.778. The average Bonchev–Trinajstić information content (AvgIpc) is 2.27. The van der Waals surface area contributed by atoms with E-state index in [1.807, 2.05) is 0 Å². The Hall–Kier alpha value is -1.35. The minimum Gasteiger partial charge on any atom is -0.370 e. The number of halogens is 3. The number of methoxy groups -OCH3 is 1. The third kappa shape index (κ3) is 6.40. The van der Waals surface area contributed by atoms with E-state index in [0.29, 0.717) is 0 Å². The van der Waals surface area contributed by atoms with E-state index >= 15 is 0 Å². The Morgan fingerprint density at radius 1 is 1.44 bits per heavy atom. The van der Waals surface area contributed by atoms with Gasteiger partial charge in [-0.05, 0) is 0 Å². The minimum atomic E-state index is -4.48. The van der Waals surface area contributed by atoms with E-state index in [1.165, 1.54) is 14.2 Å². The SMILES string of the molecule is COC(CN)C(=O)N(C)CC(=O)NCC(F)(F)F. The molecule has 0 saturated heterocycles. The molecule has 0 heterocycles. The van der Waals surface area contributed by atoms with Crippen LogP contribution in [-0.2, 0) is 14.3 Å². The number of amides is 2. The second-order valence-electron chi connectivity index (χ2n) is 3.55. The standard InChI is InChI=1S/C9H16F3N3O3/c1-15(8(17)6(3-13)18-2)4-7(16)14-5-9(10,11)12/h6H,3-5,13H2,1-2H3,(H,14,16). The number of hydrogen-bond donors (Lipinski definition) is 2. The van der Waals surface area contributed by atoms with Gasteiger partial charge in [-0.25, -0.2) is 0 Å². The van der Waals surface area contributed by atoms with Crippen molar-refractivity contribution in [3.63, 3.8) is 0 Å². The molecule has 2 amide bonds. The zero-order chi connectivity index (χ0) is 14.3. The van der Waals surface area contributed by atoms with Gasteiger partial charge in [-0.15, -0.1) is 0 Å². The molecule has 1 unspecified atom stereocenters. The third-order valence-corrected chi connectivity index (χ3v) is 2.02. The van der Waals surface area contributed by atoms with Crippen molar-refractivity contribution in [2.45, 2.75) is 12.3 Å². The lowest BCUT2D eigenvalue weighted by atomic mass is 10.3. The highest BCUT2D eigenvalue weighted by molar-refractivity contribution is 5.86. The van der Waals surface area contributed by atoms with Crippen molar-refractivity contribution in [2.24, 2.45) is 5.73 Å². The summed E-state index contributed by atoms with van der Waals surface area (Å²) < 4.78 is 40.2. The van der Waals surface area contributed by atoms with Gasteiger partial charge >= 0.3 is 6.18 Å². The van der Waals surface area contributed by atoms with Crippen molar-refractivity contribution >= 4 is 11.8 Å². The first-order valence-electron chi connectivity index (χ1n) is 5.02. The highest BCUT2D eigenvalue weighted by Gasteiger charge is 2.28. The summed E-state index contributed by atoms with van der Waals surface area (Å²) in [6, 6.07) is 0. The Kier molecular flexibility index (Phi) is 6.63. The van der Waals surface area contributed by atoms with Gasteiger partial charge in [0.25, 0.3) is 5.91 Å². The molecule has 0 radical (unpaired) electrons. The highest BCUT2D eigenvalue weighted by atomic mass is 19.4. The van der Waals surface area contributed by atoms with E-state index in [-0.39, 0.29) is 6.54 Å². The molecule has 18 heavy (non-hydrogen) atoms. The van der Waals surface area contributed by atoms with Gasteiger partial charge in [-0.1, -0.05) is 0 Å². The molecule has 0 rings (SSSR count). The van der Waals surface area contributed by atoms with Crippen molar-refractivity contribution < 1.29 is 27.5 Å². The summed E-state index contributed by atoms with van der Waals surface area (Å²) in [6.07, 6.45) is -5.39. The van der Waals surface area contributed by atoms with Crippen LogP contribution < -0.4 is 11.1 Å². The molecule has 1 atom stereocenters. The molecule has 0 aromatic heterocycles. The van der Waals surface area contributed by atoms with Crippen molar-refractivity contribution in [1.29, 1.82) is 0 Å². The summed E-state index contributed by atoms with van der Waals surface area (Å²) in [5, 5.41) is 1.65. The van der Waals surface area contributed by atoms with Crippen LogP contribution in [0.4, 0.5) is 13.2 Å². The quantitative estimate of drug-likeness (QED) is 0.655. The molecular formula is C9H16F3N3O3. The Bertz CT molecular complexity index is 293. The van der Waals surface area contributed by atoms with Crippen LogP contribution in [0.25, 0.3) is 0 Å². The number of alkyl halides is 3. The Balaban J connectivity index is 4.19. The van der Waals surface area contributed by atoms with E-state index in [4.69, 9.17) is 10.5 Å². The van der Waals surface area contributed by atoms with Gasteiger partial charge in [-0.3, -0.25) is 9.59 Å². The van der Waals surface area contributed by atoms with Crippen LogP contribution in [-0.4, -0.2) is 62.8 Å². The number of nitrogens with two attached hydrogens (primary N) is 1. The first-order valence-corrected chi connectivity index (χ1v) is 5.02. The summed E-state index contributed by atoms with van der Waals surface area (Å²) in [6.45, 7) is -2.00. The fourth-order valence-corrected chi connectivity index (χ4v) is 1.09. The van der Waals surface area contributed by atoms with Crippen LogP contribution in [0.2, 0.25) is 0 Å². The fourth-order valence-electron chi connectivity index (χ4n) is 1.09. The minimum absolute atomic E-state index is 0.0795. The van der Waals surface area contributed by atoms with Crippen LogP contribution in [0.1, 0.15) is 0 Å². The van der Waals surface area contributed by atoms with E-state index < -0.39 is 37.2 Å². The lowest BCUT2D eigenvalue weighted by molar-refractivity contribution is -0.145. The van der Waals surface area contributed by atoms with Crippen molar-refractivity contribution in [3.8, 4) is 0 Å². The van der Waals surface area contributed by atoms with Gasteiger partial charge in [-0.2, -0.15) is 13.2 Å². The Morgan fingerprint density at radius 3 is 2.39 bits per heavy atom. The highest BCUT2D eigenvalue weighted by Crippen LogP contribution is 2.11. The number of ether oxygens (including phenoxy) is 1. The lowest BCUT2D eigenvalue weighted by Crippen LogP contribution is -2.46. The third-order valence-electron chi connectivity index (χ3n) is 2.02. The van der Waals surface area contributed by atoms with E-state index in [9.17, 15) is 22.8 Å². The van der Waals surface area contributed by atoms with Crippen LogP contribution in [0.15, 0.2) is 0 Å². The van der Waals surface area contributed by atoms with E-state index in [2.05, 4.69) is 0 Å². The first-order chi connectivity index (χ1) is 8.21. The molecule has 0 aliphatic rings. The maximum atomic E-state index is 11.8. The Labute approximate surface area is 102 Å². The number of carbonyl (C=O) groups is 2. The molecule has 0 aliphatic carbocycles. The van der Waals surface area contributed by atoms with Gasteiger partial charge in [0.05, 0.1) is 6.54 Å². The lowest BCUT2D eigenvalue weighted by Gasteiger charge is -2.21. The van der Waals surface area contributed by atoms with Crippen LogP contribution in [0.5, 0.6) is 0 Å². The summed E-state index contributed by atoms with van der Waals surface area (Å²) in [5.41, 5.74) is 5.25. The smallest absolute Gasteiger partial charge is 0.370 e. The van der Waals surface area contributed by atoms with Gasteiger partial charge in [0.1, 0.15) is 12.6 Å². The molecule has 0 fully saturated rings. The normalized spacial score (nSPS) is 13.0. The largest absolute Gasteiger partial charge is 0.405 e. The molecular weight excluding hydrogens is 255 g/mol. The zero-order valence-electron chi connectivity index (χ0n) is 10.1. The van der Waals surface area contributed by atoms with Crippen molar-refractivity contribution in [1.82, 2.24) is 10.2 Å². The van der Waals surface area contributed by atoms with Crippen LogP contribution in [0, 0.1) is 0 Å². The summed E-state index contributed by atoms with van der Waals surface area (Å²) in [4.78, 5) is 23.6. The summed E-state index contributed by atoms with van der Waals surface area (Å²) >= 11 is 0. The second kappa shape index (κ2) is 7.17. The molecule has 106 valence electrons. The number of hydrogen-bond acceptors (Lipinski definition) is 4. The van der Waals surface area contributed by atoms with Crippen LogP contribution in [0.3, 0.4) is 0 Å². The monoisotopic (exact) mass is 271 g/mol. The molecule has 0 aromatic rings. The van der Waals surface area contributed by atoms with E-state index in [1.54, 1.807) is 5.32 Å². The summed E-state index contributed by atoms with van der Waals surface area (Å²) in [7, 11) is 2.55. The number of nitrogens with zero attached hydrogens (tertiary/aromatic N) is 1. The summed E-state index contributed by atoms with van der Waals surface area (Å²) in [5.74, 6) is -1.47. The van der Waals surface area contributed by atoms with Crippen molar-refractivity contribution in [3.05, 3.63) is 0 Å². The molecule has 0 saturated carbocycles. The molecule has 6 nitrogen and oxygen atoms in total. The topological polar surface area (TPSA) is 84.7 Å². The van der Waals surface area contributed by atoms with Gasteiger partial charge in [0.15, 0.2) is 0 Å². The molecule has 3 N–H and O–H groups in total. The number of nitrogens with one attached hydrogen (secondary N) is 1. The predicted octanol–water partition coefficient (Wildman–Crippen LogP) is -0.903. The van der Waals surface area contributed by atoms with Gasteiger partial charge < -0.3 is 20.7 Å². The molecule has 0 bridgehead atoms. The molecule has 0 aliphatic heterocycles. The predicted molar refractivity (Wildman–Crippen MR) is 56.6 cm³/mol. The zero-order valence-corrected chi connectivity index (χ0v) is 10.1. The van der Waals surface area contributed by atoms with Gasteiger partial charge in [0.2, 0.25) is 5.91 Å². The average molecular weight is 271 g/mol. The maximum Gasteiger partial charge on any atom is 0.405 e. The second-order valence-corrected chi connectivity index (χ2v) is 3.55. The van der Waals surface area contributed by atoms with Crippen LogP contribution >= 0.6 is 0 Å². The maximum absolute atomic E-state index is 11.8. The molecule has 9 heteroatoms. The number of carbonyl (C=O) groups excluding carboxylic acids is 2. The van der Waals surface area contributed by atoms with Gasteiger partial charge in [0, 0.05) is 20.7 Å². The molecule has 0 aromatic carbocycles. The number of likely N-dealkylation sites (N-methyl/N-ethyl adjacent to an activating group) is 1. The molecule has 0 spiro atoms. The Morgan fingerprint density at radius 2 is 2.00 bits per heavy atom. The number of rotatable bonds is 6. The van der Waals surface area contributed by atoms with Crippen molar-refractivity contribution in [2.75, 3.05) is 33.8 Å². The first kappa shape index (κ1) is 16.6.